The SMILES string of the molecule is COc1ccc(OCC(C)C(C)C)cc1. The lowest BCUT2D eigenvalue weighted by molar-refractivity contribution is 0.223. The second-order valence-corrected chi connectivity index (χ2v) is 4.21. The summed E-state index contributed by atoms with van der Waals surface area (Å²) in [6.45, 7) is 7.39. The van der Waals surface area contributed by atoms with Gasteiger partial charge in [0.15, 0.2) is 0 Å². The fourth-order valence-electron chi connectivity index (χ4n) is 1.09. The van der Waals surface area contributed by atoms with E-state index in [1.807, 2.05) is 24.3 Å². The van der Waals surface area contributed by atoms with Crippen molar-refractivity contribution in [2.24, 2.45) is 11.8 Å². The number of benzene rings is 1. The first-order chi connectivity index (χ1) is 7.13. The fourth-order valence-corrected chi connectivity index (χ4v) is 1.09. The number of ether oxygens (including phenoxy) is 2. The van der Waals surface area contributed by atoms with Crippen LogP contribution in [0.4, 0.5) is 0 Å². The Morgan fingerprint density at radius 1 is 1.00 bits per heavy atom. The van der Waals surface area contributed by atoms with Gasteiger partial charge in [-0.2, -0.15) is 0 Å². The van der Waals surface area contributed by atoms with Gasteiger partial charge in [0.2, 0.25) is 0 Å². The lowest BCUT2D eigenvalue weighted by Crippen LogP contribution is -2.14. The zero-order valence-electron chi connectivity index (χ0n) is 9.99. The molecule has 0 radical (unpaired) electrons. The molecule has 0 heterocycles. The van der Waals surface area contributed by atoms with Crippen molar-refractivity contribution in [1.29, 1.82) is 0 Å². The molecule has 1 atom stereocenters. The number of rotatable bonds is 5. The molecule has 1 aromatic carbocycles. The lowest BCUT2D eigenvalue weighted by atomic mass is 9.99. The summed E-state index contributed by atoms with van der Waals surface area (Å²) >= 11 is 0. The molecule has 0 aliphatic carbocycles. The van der Waals surface area contributed by atoms with Crippen LogP contribution in [0.3, 0.4) is 0 Å². The van der Waals surface area contributed by atoms with Crippen LogP contribution in [0.5, 0.6) is 11.5 Å². The molecule has 0 bridgehead atoms. The molecule has 0 aliphatic heterocycles. The Morgan fingerprint density at radius 2 is 1.53 bits per heavy atom. The molecular weight excluding hydrogens is 188 g/mol. The molecule has 84 valence electrons. The molecule has 0 amide bonds. The van der Waals surface area contributed by atoms with Crippen molar-refractivity contribution >= 4 is 0 Å². The second kappa shape index (κ2) is 5.64. The molecule has 15 heavy (non-hydrogen) atoms. The van der Waals surface area contributed by atoms with Crippen LogP contribution in [0.25, 0.3) is 0 Å². The summed E-state index contributed by atoms with van der Waals surface area (Å²) in [5.74, 6) is 3.00. The van der Waals surface area contributed by atoms with Gasteiger partial charge >= 0.3 is 0 Å². The van der Waals surface area contributed by atoms with E-state index in [-0.39, 0.29) is 0 Å². The first-order valence-corrected chi connectivity index (χ1v) is 5.40. The maximum absolute atomic E-state index is 5.67. The largest absolute Gasteiger partial charge is 0.497 e. The van der Waals surface area contributed by atoms with Crippen molar-refractivity contribution in [2.45, 2.75) is 20.8 Å². The Kier molecular flexibility index (Phi) is 4.47. The maximum Gasteiger partial charge on any atom is 0.119 e. The average molecular weight is 208 g/mol. The number of hydrogen-bond donors (Lipinski definition) is 0. The standard InChI is InChI=1S/C13H20O2/c1-10(2)11(3)9-15-13-7-5-12(14-4)6-8-13/h5-8,10-11H,9H2,1-4H3. The van der Waals surface area contributed by atoms with Crippen LogP contribution in [0.15, 0.2) is 24.3 Å². The molecule has 0 fully saturated rings. The third kappa shape index (κ3) is 3.82. The van der Waals surface area contributed by atoms with E-state index in [1.54, 1.807) is 7.11 Å². The van der Waals surface area contributed by atoms with Crippen molar-refractivity contribution < 1.29 is 9.47 Å². The summed E-state index contributed by atoms with van der Waals surface area (Å²) in [6.07, 6.45) is 0. The van der Waals surface area contributed by atoms with Gasteiger partial charge in [-0.15, -0.1) is 0 Å². The van der Waals surface area contributed by atoms with Gasteiger partial charge in [0.05, 0.1) is 13.7 Å². The Morgan fingerprint density at radius 3 is 2.00 bits per heavy atom. The van der Waals surface area contributed by atoms with Gasteiger partial charge in [-0.3, -0.25) is 0 Å². The van der Waals surface area contributed by atoms with Gasteiger partial charge in [0.25, 0.3) is 0 Å². The van der Waals surface area contributed by atoms with Crippen LogP contribution < -0.4 is 9.47 Å². The molecule has 0 spiro atoms. The van der Waals surface area contributed by atoms with E-state index in [0.717, 1.165) is 18.1 Å². The first kappa shape index (κ1) is 11.9. The summed E-state index contributed by atoms with van der Waals surface area (Å²) < 4.78 is 10.8. The summed E-state index contributed by atoms with van der Waals surface area (Å²) in [5, 5.41) is 0. The van der Waals surface area contributed by atoms with E-state index in [1.165, 1.54) is 0 Å². The van der Waals surface area contributed by atoms with Crippen molar-refractivity contribution in [3.05, 3.63) is 24.3 Å². The zero-order valence-corrected chi connectivity index (χ0v) is 9.99. The molecule has 0 saturated carbocycles. The Hall–Kier alpha value is -1.18. The molecule has 2 heteroatoms. The summed E-state index contributed by atoms with van der Waals surface area (Å²) in [6, 6.07) is 7.70. The molecule has 1 rings (SSSR count). The van der Waals surface area contributed by atoms with E-state index >= 15 is 0 Å². The van der Waals surface area contributed by atoms with Crippen LogP contribution in [0.2, 0.25) is 0 Å². The minimum Gasteiger partial charge on any atom is -0.497 e. The second-order valence-electron chi connectivity index (χ2n) is 4.21. The molecular formula is C13H20O2. The molecule has 1 unspecified atom stereocenters. The van der Waals surface area contributed by atoms with Crippen molar-refractivity contribution in [3.8, 4) is 11.5 Å². The average Bonchev–Trinajstić information content (AvgIpc) is 2.26. The first-order valence-electron chi connectivity index (χ1n) is 5.40. The van der Waals surface area contributed by atoms with Gasteiger partial charge in [-0.05, 0) is 36.1 Å². The van der Waals surface area contributed by atoms with Crippen molar-refractivity contribution in [2.75, 3.05) is 13.7 Å². The molecule has 0 saturated heterocycles. The van der Waals surface area contributed by atoms with Crippen LogP contribution in [-0.4, -0.2) is 13.7 Å². The lowest BCUT2D eigenvalue weighted by Gasteiger charge is -2.16. The van der Waals surface area contributed by atoms with Gasteiger partial charge in [-0.1, -0.05) is 20.8 Å². The Balaban J connectivity index is 2.44. The predicted molar refractivity (Wildman–Crippen MR) is 62.5 cm³/mol. The smallest absolute Gasteiger partial charge is 0.119 e. The normalized spacial score (nSPS) is 12.6. The van der Waals surface area contributed by atoms with Gasteiger partial charge < -0.3 is 9.47 Å². The molecule has 2 nitrogen and oxygen atoms in total. The minimum atomic E-state index is 0.576. The van der Waals surface area contributed by atoms with E-state index in [0.29, 0.717) is 11.8 Å². The maximum atomic E-state index is 5.67. The van der Waals surface area contributed by atoms with Gasteiger partial charge in [0.1, 0.15) is 11.5 Å². The summed E-state index contributed by atoms with van der Waals surface area (Å²) in [7, 11) is 1.66. The monoisotopic (exact) mass is 208 g/mol. The summed E-state index contributed by atoms with van der Waals surface area (Å²) in [5.41, 5.74) is 0. The van der Waals surface area contributed by atoms with Crippen LogP contribution in [0.1, 0.15) is 20.8 Å². The Bertz CT molecular complexity index is 277. The molecule has 0 aliphatic rings. The highest BCUT2D eigenvalue weighted by atomic mass is 16.5. The molecule has 1 aromatic rings. The highest BCUT2D eigenvalue weighted by Gasteiger charge is 2.07. The van der Waals surface area contributed by atoms with E-state index in [4.69, 9.17) is 9.47 Å². The highest BCUT2D eigenvalue weighted by Crippen LogP contribution is 2.18. The third-order valence-electron chi connectivity index (χ3n) is 2.71. The van der Waals surface area contributed by atoms with E-state index in [2.05, 4.69) is 20.8 Å². The molecule has 0 N–H and O–H groups in total. The molecule has 0 aromatic heterocycles. The van der Waals surface area contributed by atoms with E-state index < -0.39 is 0 Å². The van der Waals surface area contributed by atoms with Gasteiger partial charge in [-0.25, -0.2) is 0 Å². The highest BCUT2D eigenvalue weighted by molar-refractivity contribution is 5.31. The van der Waals surface area contributed by atoms with Crippen molar-refractivity contribution in [1.82, 2.24) is 0 Å². The predicted octanol–water partition coefficient (Wildman–Crippen LogP) is 3.37. The third-order valence-corrected chi connectivity index (χ3v) is 2.71. The van der Waals surface area contributed by atoms with Crippen molar-refractivity contribution in [3.63, 3.8) is 0 Å². The van der Waals surface area contributed by atoms with Crippen LogP contribution >= 0.6 is 0 Å². The topological polar surface area (TPSA) is 18.5 Å². The minimum absolute atomic E-state index is 0.576. The number of methoxy groups -OCH3 is 1. The summed E-state index contributed by atoms with van der Waals surface area (Å²) in [4.78, 5) is 0. The van der Waals surface area contributed by atoms with E-state index in [9.17, 15) is 0 Å². The Labute approximate surface area is 92.2 Å². The zero-order chi connectivity index (χ0) is 11.3. The van der Waals surface area contributed by atoms with Crippen LogP contribution in [-0.2, 0) is 0 Å². The van der Waals surface area contributed by atoms with Gasteiger partial charge in [0, 0.05) is 0 Å². The fraction of sp³-hybridized carbons (Fsp3) is 0.538. The quantitative estimate of drug-likeness (QED) is 0.738. The number of hydrogen-bond acceptors (Lipinski definition) is 2. The van der Waals surface area contributed by atoms with Crippen LogP contribution in [0, 0.1) is 11.8 Å².